The van der Waals surface area contributed by atoms with Crippen LogP contribution in [0.3, 0.4) is 0 Å². The molecule has 68 valence electrons. The molecule has 0 N–H and O–H groups in total. The zero-order valence-corrected chi connectivity index (χ0v) is 8.25. The van der Waals surface area contributed by atoms with Crippen molar-refractivity contribution in [3.8, 4) is 0 Å². The van der Waals surface area contributed by atoms with Gasteiger partial charge in [-0.05, 0) is 32.8 Å². The molecular formula is C10H18N2. The molecule has 0 saturated heterocycles. The minimum Gasteiger partial charge on any atom is -0.267 e. The van der Waals surface area contributed by atoms with E-state index >= 15 is 0 Å². The summed E-state index contributed by atoms with van der Waals surface area (Å²) >= 11 is 0. The number of hydrogen-bond donors (Lipinski definition) is 0. The number of rotatable bonds is 4. The van der Waals surface area contributed by atoms with Crippen LogP contribution in [0.4, 0.5) is 0 Å². The van der Waals surface area contributed by atoms with Gasteiger partial charge < -0.3 is 0 Å². The second-order valence-corrected chi connectivity index (χ2v) is 3.46. The average Bonchev–Trinajstić information content (AvgIpc) is 2.48. The molecule has 0 aliphatic carbocycles. The highest BCUT2D eigenvalue weighted by Crippen LogP contribution is 2.10. The summed E-state index contributed by atoms with van der Waals surface area (Å²) in [5, 5.41) is 4.29. The molecular weight excluding hydrogens is 148 g/mol. The van der Waals surface area contributed by atoms with Crippen molar-refractivity contribution in [1.82, 2.24) is 9.78 Å². The first-order valence-electron chi connectivity index (χ1n) is 4.78. The zero-order chi connectivity index (χ0) is 8.97. The van der Waals surface area contributed by atoms with Crippen molar-refractivity contribution in [2.24, 2.45) is 0 Å². The van der Waals surface area contributed by atoms with E-state index in [1.165, 1.54) is 18.5 Å². The Morgan fingerprint density at radius 1 is 1.50 bits per heavy atom. The Bertz CT molecular complexity index is 225. The highest BCUT2D eigenvalue weighted by Gasteiger charge is 2.03. The van der Waals surface area contributed by atoms with Gasteiger partial charge in [0.2, 0.25) is 0 Å². The molecule has 0 aliphatic heterocycles. The summed E-state index contributed by atoms with van der Waals surface area (Å²) in [7, 11) is 0. The van der Waals surface area contributed by atoms with Gasteiger partial charge in [-0.1, -0.05) is 13.3 Å². The predicted molar refractivity (Wildman–Crippen MR) is 51.2 cm³/mol. The van der Waals surface area contributed by atoms with Gasteiger partial charge in [0.15, 0.2) is 0 Å². The van der Waals surface area contributed by atoms with Gasteiger partial charge in [-0.2, -0.15) is 5.10 Å². The van der Waals surface area contributed by atoms with Gasteiger partial charge in [-0.25, -0.2) is 0 Å². The fraction of sp³-hybridized carbons (Fsp3) is 0.700. The Labute approximate surface area is 74.6 Å². The summed E-state index contributed by atoms with van der Waals surface area (Å²) in [6.07, 6.45) is 5.57. The van der Waals surface area contributed by atoms with E-state index in [1.807, 2.05) is 6.20 Å². The van der Waals surface area contributed by atoms with E-state index in [9.17, 15) is 0 Å². The lowest BCUT2D eigenvalue weighted by molar-refractivity contribution is 0.504. The number of unbranched alkanes of at least 4 members (excludes halogenated alkanes) is 1. The number of nitrogens with zero attached hydrogens (tertiary/aromatic N) is 2. The molecule has 12 heavy (non-hydrogen) atoms. The minimum atomic E-state index is 0.492. The van der Waals surface area contributed by atoms with E-state index in [1.54, 1.807) is 0 Å². The van der Waals surface area contributed by atoms with E-state index in [-0.39, 0.29) is 0 Å². The van der Waals surface area contributed by atoms with Crippen molar-refractivity contribution in [3.63, 3.8) is 0 Å². The van der Waals surface area contributed by atoms with Crippen molar-refractivity contribution in [2.45, 2.75) is 46.1 Å². The first kappa shape index (κ1) is 9.30. The van der Waals surface area contributed by atoms with E-state index in [0.717, 1.165) is 6.42 Å². The van der Waals surface area contributed by atoms with Gasteiger partial charge in [0, 0.05) is 17.9 Å². The topological polar surface area (TPSA) is 17.8 Å². The molecule has 0 amide bonds. The second-order valence-electron chi connectivity index (χ2n) is 3.46. The van der Waals surface area contributed by atoms with Crippen LogP contribution in [0.25, 0.3) is 0 Å². The summed E-state index contributed by atoms with van der Waals surface area (Å²) in [6, 6.07) is 2.61. The van der Waals surface area contributed by atoms with Crippen molar-refractivity contribution >= 4 is 0 Å². The van der Waals surface area contributed by atoms with Crippen LogP contribution in [0.1, 0.15) is 45.3 Å². The lowest BCUT2D eigenvalue weighted by atomic mass is 10.2. The van der Waals surface area contributed by atoms with Crippen LogP contribution < -0.4 is 0 Å². The molecule has 1 aromatic rings. The third-order valence-electron chi connectivity index (χ3n) is 2.03. The zero-order valence-electron chi connectivity index (χ0n) is 8.25. The van der Waals surface area contributed by atoms with Gasteiger partial charge in [0.1, 0.15) is 0 Å². The summed E-state index contributed by atoms with van der Waals surface area (Å²) in [4.78, 5) is 0. The summed E-state index contributed by atoms with van der Waals surface area (Å²) < 4.78 is 2.11. The molecule has 1 aromatic heterocycles. The fourth-order valence-corrected chi connectivity index (χ4v) is 1.36. The van der Waals surface area contributed by atoms with Crippen LogP contribution in [0, 0.1) is 0 Å². The maximum atomic E-state index is 4.29. The number of aryl methyl sites for hydroxylation is 1. The maximum Gasteiger partial charge on any atom is 0.0492 e. The Hall–Kier alpha value is -0.790. The second kappa shape index (κ2) is 4.29. The molecule has 0 saturated carbocycles. The predicted octanol–water partition coefficient (Wildman–Crippen LogP) is 2.81. The summed E-state index contributed by atoms with van der Waals surface area (Å²) in [6.45, 7) is 6.56. The standard InChI is InChI=1S/C10H18N2/c1-4-5-6-10-7-8-11-12(10)9(2)3/h7-9H,4-6H2,1-3H3. The molecule has 0 fully saturated rings. The smallest absolute Gasteiger partial charge is 0.0492 e. The van der Waals surface area contributed by atoms with Crippen LogP contribution in [-0.2, 0) is 6.42 Å². The number of aromatic nitrogens is 2. The molecule has 0 aliphatic rings. The summed E-state index contributed by atoms with van der Waals surface area (Å²) in [5.41, 5.74) is 1.37. The van der Waals surface area contributed by atoms with E-state index in [0.29, 0.717) is 6.04 Å². The SMILES string of the molecule is CCCCc1ccnn1C(C)C. The normalized spacial score (nSPS) is 11.0. The van der Waals surface area contributed by atoms with E-state index in [2.05, 4.69) is 36.6 Å². The third-order valence-corrected chi connectivity index (χ3v) is 2.03. The van der Waals surface area contributed by atoms with Crippen LogP contribution >= 0.6 is 0 Å². The Morgan fingerprint density at radius 3 is 2.83 bits per heavy atom. The van der Waals surface area contributed by atoms with E-state index in [4.69, 9.17) is 0 Å². The molecule has 0 aromatic carbocycles. The van der Waals surface area contributed by atoms with Crippen molar-refractivity contribution in [2.75, 3.05) is 0 Å². The van der Waals surface area contributed by atoms with Crippen molar-refractivity contribution < 1.29 is 0 Å². The molecule has 1 heterocycles. The van der Waals surface area contributed by atoms with Crippen LogP contribution in [0.5, 0.6) is 0 Å². The average molecular weight is 166 g/mol. The van der Waals surface area contributed by atoms with Crippen LogP contribution in [-0.4, -0.2) is 9.78 Å². The molecule has 2 nitrogen and oxygen atoms in total. The molecule has 0 bridgehead atoms. The number of hydrogen-bond acceptors (Lipinski definition) is 1. The molecule has 1 rings (SSSR count). The Kier molecular flexibility index (Phi) is 3.32. The third kappa shape index (κ3) is 2.10. The van der Waals surface area contributed by atoms with Gasteiger partial charge in [-0.3, -0.25) is 4.68 Å². The molecule has 0 atom stereocenters. The van der Waals surface area contributed by atoms with Crippen LogP contribution in [0.2, 0.25) is 0 Å². The quantitative estimate of drug-likeness (QED) is 0.672. The Morgan fingerprint density at radius 2 is 2.25 bits per heavy atom. The van der Waals surface area contributed by atoms with Gasteiger partial charge in [-0.15, -0.1) is 0 Å². The van der Waals surface area contributed by atoms with E-state index < -0.39 is 0 Å². The van der Waals surface area contributed by atoms with Gasteiger partial charge >= 0.3 is 0 Å². The highest BCUT2D eigenvalue weighted by molar-refractivity contribution is 5.01. The molecule has 0 radical (unpaired) electrons. The lowest BCUT2D eigenvalue weighted by Gasteiger charge is -2.09. The van der Waals surface area contributed by atoms with Gasteiger partial charge in [0.05, 0.1) is 0 Å². The monoisotopic (exact) mass is 166 g/mol. The maximum absolute atomic E-state index is 4.29. The Balaban J connectivity index is 2.64. The highest BCUT2D eigenvalue weighted by atomic mass is 15.3. The first-order chi connectivity index (χ1) is 5.75. The molecule has 2 heteroatoms. The summed E-state index contributed by atoms with van der Waals surface area (Å²) in [5.74, 6) is 0. The molecule has 0 spiro atoms. The first-order valence-corrected chi connectivity index (χ1v) is 4.78. The van der Waals surface area contributed by atoms with Crippen molar-refractivity contribution in [1.29, 1.82) is 0 Å². The molecule has 0 unspecified atom stereocenters. The van der Waals surface area contributed by atoms with Crippen molar-refractivity contribution in [3.05, 3.63) is 18.0 Å². The minimum absolute atomic E-state index is 0.492. The lowest BCUT2D eigenvalue weighted by Crippen LogP contribution is -2.07. The van der Waals surface area contributed by atoms with Crippen LogP contribution in [0.15, 0.2) is 12.3 Å². The largest absolute Gasteiger partial charge is 0.267 e. The fourth-order valence-electron chi connectivity index (χ4n) is 1.36. The van der Waals surface area contributed by atoms with Gasteiger partial charge in [0.25, 0.3) is 0 Å².